The smallest absolute Gasteiger partial charge is 0.308 e. The number of aliphatic carboxylic acids is 1. The minimum Gasteiger partial charge on any atom is -0.481 e. The lowest BCUT2D eigenvalue weighted by molar-refractivity contribution is -0.141. The van der Waals surface area contributed by atoms with Gasteiger partial charge in [-0.1, -0.05) is 18.3 Å². The van der Waals surface area contributed by atoms with E-state index < -0.39 is 5.97 Å². The van der Waals surface area contributed by atoms with Gasteiger partial charge in [-0.25, -0.2) is 0 Å². The molecule has 0 aliphatic rings. The molecule has 1 rings (SSSR count). The molecule has 0 aliphatic carbocycles. The molecule has 1 unspecified atom stereocenters. The summed E-state index contributed by atoms with van der Waals surface area (Å²) in [6.07, 6.45) is 0.611. The van der Waals surface area contributed by atoms with Crippen molar-refractivity contribution in [3.63, 3.8) is 0 Å². The highest BCUT2D eigenvalue weighted by Gasteiger charge is 2.14. The summed E-state index contributed by atoms with van der Waals surface area (Å²) in [6, 6.07) is 0. The molecule has 2 N–H and O–H groups in total. The van der Waals surface area contributed by atoms with Gasteiger partial charge in [0.1, 0.15) is 5.01 Å². The number of carboxylic acid groups (broad SMARTS) is 1. The molecule has 0 fully saturated rings. The number of nitrogens with zero attached hydrogens (tertiary/aromatic N) is 2. The molecule has 0 radical (unpaired) electrons. The van der Waals surface area contributed by atoms with Crippen LogP contribution < -0.4 is 5.32 Å². The number of carbonyl (C=O) groups is 1. The topological polar surface area (TPSA) is 75.1 Å². The molecule has 1 atom stereocenters. The van der Waals surface area contributed by atoms with Gasteiger partial charge < -0.3 is 10.4 Å². The van der Waals surface area contributed by atoms with Gasteiger partial charge in [0.2, 0.25) is 5.13 Å². The summed E-state index contributed by atoms with van der Waals surface area (Å²) in [5.74, 6) is -1.14. The molecule has 78 valence electrons. The van der Waals surface area contributed by atoms with Crippen molar-refractivity contribution in [1.29, 1.82) is 0 Å². The highest BCUT2D eigenvalue weighted by molar-refractivity contribution is 7.15. The molecule has 0 bridgehead atoms. The van der Waals surface area contributed by atoms with Gasteiger partial charge in [0.25, 0.3) is 0 Å². The third-order valence-corrected chi connectivity index (χ3v) is 2.66. The number of aromatic nitrogens is 2. The van der Waals surface area contributed by atoms with E-state index in [9.17, 15) is 4.79 Å². The van der Waals surface area contributed by atoms with Crippen molar-refractivity contribution in [1.82, 2.24) is 10.2 Å². The summed E-state index contributed by atoms with van der Waals surface area (Å²) in [4.78, 5) is 10.7. The van der Waals surface area contributed by atoms with Crippen LogP contribution in [0.4, 0.5) is 5.13 Å². The molecule has 5 nitrogen and oxygen atoms in total. The molecule has 6 heteroatoms. The average Bonchev–Trinajstić information content (AvgIpc) is 2.52. The van der Waals surface area contributed by atoms with Crippen molar-refractivity contribution in [2.24, 2.45) is 5.92 Å². The van der Waals surface area contributed by atoms with Crippen LogP contribution >= 0.6 is 11.3 Å². The van der Waals surface area contributed by atoms with Gasteiger partial charge in [0.05, 0.1) is 5.92 Å². The summed E-state index contributed by atoms with van der Waals surface area (Å²) in [5.41, 5.74) is 0. The van der Waals surface area contributed by atoms with E-state index in [1.54, 1.807) is 0 Å². The highest BCUT2D eigenvalue weighted by atomic mass is 32.1. The molecule has 0 aliphatic heterocycles. The third-order valence-electron chi connectivity index (χ3n) is 1.87. The minimum absolute atomic E-state index is 0.362. The average molecular weight is 215 g/mol. The van der Waals surface area contributed by atoms with E-state index in [2.05, 4.69) is 15.5 Å². The number of aryl methyl sites for hydroxylation is 1. The van der Waals surface area contributed by atoms with Gasteiger partial charge in [-0.2, -0.15) is 0 Å². The number of hydrogen-bond acceptors (Lipinski definition) is 5. The first-order valence-corrected chi connectivity index (χ1v) is 5.22. The lowest BCUT2D eigenvalue weighted by Crippen LogP contribution is -2.21. The molecule has 1 aromatic rings. The van der Waals surface area contributed by atoms with E-state index in [1.807, 2.05) is 13.8 Å². The van der Waals surface area contributed by atoms with Crippen LogP contribution in [0.25, 0.3) is 0 Å². The molecule has 1 aromatic heterocycles. The highest BCUT2D eigenvalue weighted by Crippen LogP contribution is 2.14. The van der Waals surface area contributed by atoms with Crippen LogP contribution in [0.1, 0.15) is 18.4 Å². The molecule has 1 heterocycles. The number of rotatable bonds is 5. The molecular weight excluding hydrogens is 202 g/mol. The Hall–Kier alpha value is -1.17. The van der Waals surface area contributed by atoms with Crippen molar-refractivity contribution >= 4 is 22.4 Å². The van der Waals surface area contributed by atoms with Crippen molar-refractivity contribution in [2.75, 3.05) is 11.9 Å². The Morgan fingerprint density at radius 3 is 2.79 bits per heavy atom. The maximum atomic E-state index is 10.7. The van der Waals surface area contributed by atoms with Gasteiger partial charge in [-0.05, 0) is 13.3 Å². The first-order chi connectivity index (χ1) is 6.63. The Morgan fingerprint density at radius 1 is 1.64 bits per heavy atom. The summed E-state index contributed by atoms with van der Waals surface area (Å²) >= 11 is 1.43. The number of carboxylic acids is 1. The maximum absolute atomic E-state index is 10.7. The SMILES string of the molecule is CCC(CNc1nnc(C)s1)C(=O)O. The van der Waals surface area contributed by atoms with Crippen LogP contribution in [-0.4, -0.2) is 27.8 Å². The second-order valence-electron chi connectivity index (χ2n) is 2.95. The fourth-order valence-corrected chi connectivity index (χ4v) is 1.58. The molecule has 0 spiro atoms. The lowest BCUT2D eigenvalue weighted by Gasteiger charge is -2.08. The van der Waals surface area contributed by atoms with Gasteiger partial charge in [-0.3, -0.25) is 4.79 Å². The Labute approximate surface area is 86.2 Å². The van der Waals surface area contributed by atoms with Crippen LogP contribution in [-0.2, 0) is 4.79 Å². The van der Waals surface area contributed by atoms with Crippen LogP contribution in [0.5, 0.6) is 0 Å². The molecule has 0 amide bonds. The van der Waals surface area contributed by atoms with E-state index in [0.717, 1.165) is 5.01 Å². The van der Waals surface area contributed by atoms with Crippen LogP contribution in [0.15, 0.2) is 0 Å². The lowest BCUT2D eigenvalue weighted by atomic mass is 10.1. The van der Waals surface area contributed by atoms with Crippen LogP contribution in [0.2, 0.25) is 0 Å². The number of anilines is 1. The van der Waals surface area contributed by atoms with E-state index >= 15 is 0 Å². The van der Waals surface area contributed by atoms with Gasteiger partial charge in [0.15, 0.2) is 0 Å². The Morgan fingerprint density at radius 2 is 2.36 bits per heavy atom. The van der Waals surface area contributed by atoms with Crippen LogP contribution in [0.3, 0.4) is 0 Å². The van der Waals surface area contributed by atoms with E-state index in [0.29, 0.717) is 18.1 Å². The second kappa shape index (κ2) is 4.90. The predicted octanol–water partition coefficient (Wildman–Crippen LogP) is 1.37. The molecule has 14 heavy (non-hydrogen) atoms. The monoisotopic (exact) mass is 215 g/mol. The van der Waals surface area contributed by atoms with Gasteiger partial charge >= 0.3 is 5.97 Å². The standard InChI is InChI=1S/C8H13N3O2S/c1-3-6(7(12)13)4-9-8-11-10-5(2)14-8/h6H,3-4H2,1-2H3,(H,9,11)(H,12,13). The van der Waals surface area contributed by atoms with Crippen molar-refractivity contribution < 1.29 is 9.90 Å². The summed E-state index contributed by atoms with van der Waals surface area (Å²) < 4.78 is 0. The van der Waals surface area contributed by atoms with E-state index in [1.165, 1.54) is 11.3 Å². The number of hydrogen-bond donors (Lipinski definition) is 2. The molecule has 0 aromatic carbocycles. The molecular formula is C8H13N3O2S. The van der Waals surface area contributed by atoms with Crippen LogP contribution in [0, 0.1) is 12.8 Å². The number of nitrogens with one attached hydrogen (secondary N) is 1. The minimum atomic E-state index is -0.777. The summed E-state index contributed by atoms with van der Waals surface area (Å²) in [5, 5.41) is 21.0. The Balaban J connectivity index is 2.43. The predicted molar refractivity (Wildman–Crippen MR) is 54.6 cm³/mol. The van der Waals surface area contributed by atoms with Crippen molar-refractivity contribution in [3.8, 4) is 0 Å². The summed E-state index contributed by atoms with van der Waals surface area (Å²) in [7, 11) is 0. The van der Waals surface area contributed by atoms with E-state index in [-0.39, 0.29) is 5.92 Å². The normalized spacial score (nSPS) is 12.4. The molecule has 0 saturated heterocycles. The second-order valence-corrected chi connectivity index (χ2v) is 4.13. The zero-order valence-corrected chi connectivity index (χ0v) is 8.97. The van der Waals surface area contributed by atoms with E-state index in [4.69, 9.17) is 5.11 Å². The summed E-state index contributed by atoms with van der Waals surface area (Å²) in [6.45, 7) is 4.11. The van der Waals surface area contributed by atoms with Gasteiger partial charge in [-0.15, -0.1) is 10.2 Å². The largest absolute Gasteiger partial charge is 0.481 e. The quantitative estimate of drug-likeness (QED) is 0.775. The zero-order valence-electron chi connectivity index (χ0n) is 8.15. The fraction of sp³-hybridized carbons (Fsp3) is 0.625. The molecule has 0 saturated carbocycles. The van der Waals surface area contributed by atoms with Gasteiger partial charge in [0, 0.05) is 6.54 Å². The Bertz CT molecular complexity index is 313. The first-order valence-electron chi connectivity index (χ1n) is 4.40. The third kappa shape index (κ3) is 2.95. The maximum Gasteiger partial charge on any atom is 0.308 e. The fourth-order valence-electron chi connectivity index (χ4n) is 0.985. The Kier molecular flexibility index (Phi) is 3.82. The zero-order chi connectivity index (χ0) is 10.6. The van der Waals surface area contributed by atoms with Crippen molar-refractivity contribution in [2.45, 2.75) is 20.3 Å². The first kappa shape index (κ1) is 10.9. The van der Waals surface area contributed by atoms with Crippen molar-refractivity contribution in [3.05, 3.63) is 5.01 Å².